The number of fused-ring (bicyclic) bond motifs is 5. The fourth-order valence-corrected chi connectivity index (χ4v) is 7.69. The fraction of sp³-hybridized carbons (Fsp3) is 1.00. The van der Waals surface area contributed by atoms with Crippen molar-refractivity contribution in [1.29, 1.82) is 0 Å². The van der Waals surface area contributed by atoms with Crippen molar-refractivity contribution in [1.82, 2.24) is 0 Å². The average Bonchev–Trinajstić information content (AvgIpc) is 2.97. The number of hydrogen-bond acceptors (Lipinski definition) is 0. The van der Waals surface area contributed by atoms with Crippen LogP contribution in [0, 0.1) is 40.4 Å². The Morgan fingerprint density at radius 2 is 1.85 bits per heavy atom. The molecular formula is C19H31Cl. The second-order valence-corrected chi connectivity index (χ2v) is 9.51. The van der Waals surface area contributed by atoms with E-state index in [0.717, 1.165) is 40.9 Å². The zero-order valence-corrected chi connectivity index (χ0v) is 14.1. The van der Waals surface area contributed by atoms with Gasteiger partial charge in [-0.15, -0.1) is 11.6 Å². The van der Waals surface area contributed by atoms with Crippen molar-refractivity contribution in [2.24, 2.45) is 40.4 Å². The van der Waals surface area contributed by atoms with Crippen LogP contribution in [0.15, 0.2) is 0 Å². The maximum Gasteiger partial charge on any atom is 0.0252 e. The first-order valence-electron chi connectivity index (χ1n) is 9.13. The average molecular weight is 295 g/mol. The van der Waals surface area contributed by atoms with Crippen LogP contribution in [0.2, 0.25) is 0 Å². The van der Waals surface area contributed by atoms with Crippen LogP contribution in [-0.4, -0.2) is 5.88 Å². The van der Waals surface area contributed by atoms with E-state index in [0.29, 0.717) is 5.41 Å². The highest BCUT2D eigenvalue weighted by Gasteiger charge is 2.59. The van der Waals surface area contributed by atoms with Crippen LogP contribution < -0.4 is 0 Å². The minimum Gasteiger partial charge on any atom is -0.126 e. The van der Waals surface area contributed by atoms with Gasteiger partial charge in [0.05, 0.1) is 0 Å². The van der Waals surface area contributed by atoms with E-state index in [2.05, 4.69) is 13.8 Å². The van der Waals surface area contributed by atoms with E-state index in [1.807, 2.05) is 0 Å². The lowest BCUT2D eigenvalue weighted by Crippen LogP contribution is -2.49. The third-order valence-corrected chi connectivity index (χ3v) is 8.85. The predicted molar refractivity (Wildman–Crippen MR) is 85.9 cm³/mol. The molecule has 4 fully saturated rings. The van der Waals surface area contributed by atoms with Gasteiger partial charge >= 0.3 is 0 Å². The standard InChI is InChI=1S/C19H31Cl/c1-18-8-3-4-16(18)15-6-5-14-10-13(12-20)11-19(14,2)17(15)7-9-18/h13-17H,3-12H2,1-2H3/t13-,14-,15-,16-,17-,18-,19-/m0/s1. The van der Waals surface area contributed by atoms with Crippen LogP contribution in [-0.2, 0) is 0 Å². The van der Waals surface area contributed by atoms with Gasteiger partial charge in [0.25, 0.3) is 0 Å². The maximum atomic E-state index is 6.22. The van der Waals surface area contributed by atoms with Crippen LogP contribution in [0.5, 0.6) is 0 Å². The van der Waals surface area contributed by atoms with Crippen molar-refractivity contribution >= 4 is 11.6 Å². The number of halogens is 1. The van der Waals surface area contributed by atoms with Gasteiger partial charge in [0.2, 0.25) is 0 Å². The minimum atomic E-state index is 0.645. The van der Waals surface area contributed by atoms with Gasteiger partial charge in [-0.3, -0.25) is 0 Å². The lowest BCUT2D eigenvalue weighted by atomic mass is 9.48. The SMILES string of the molecule is C[C@@]12CCC[C@H]1[C@@H]1CC[C@H]3C[C@H](CCl)C[C@]3(C)[C@H]1CC2. The molecule has 4 rings (SSSR count). The third-order valence-electron chi connectivity index (χ3n) is 8.41. The summed E-state index contributed by atoms with van der Waals surface area (Å²) in [5, 5.41) is 0. The number of hydrogen-bond donors (Lipinski definition) is 0. The zero-order chi connectivity index (χ0) is 14.0. The van der Waals surface area contributed by atoms with Gasteiger partial charge in [-0.2, -0.15) is 0 Å². The van der Waals surface area contributed by atoms with Crippen molar-refractivity contribution in [3.63, 3.8) is 0 Å². The second-order valence-electron chi connectivity index (χ2n) is 9.20. The molecule has 0 nitrogen and oxygen atoms in total. The summed E-state index contributed by atoms with van der Waals surface area (Å²) < 4.78 is 0. The van der Waals surface area contributed by atoms with Crippen molar-refractivity contribution in [2.75, 3.05) is 5.88 Å². The van der Waals surface area contributed by atoms with Gasteiger partial charge in [-0.05, 0) is 91.8 Å². The largest absolute Gasteiger partial charge is 0.126 e. The van der Waals surface area contributed by atoms with Crippen LogP contribution >= 0.6 is 11.6 Å². The van der Waals surface area contributed by atoms with E-state index in [1.165, 1.54) is 51.4 Å². The van der Waals surface area contributed by atoms with Gasteiger partial charge in [-0.25, -0.2) is 0 Å². The zero-order valence-electron chi connectivity index (χ0n) is 13.3. The highest BCUT2D eigenvalue weighted by Crippen LogP contribution is 2.67. The van der Waals surface area contributed by atoms with E-state index in [-0.39, 0.29) is 0 Å². The quantitative estimate of drug-likeness (QED) is 0.529. The Hall–Kier alpha value is 0.290. The topological polar surface area (TPSA) is 0 Å². The molecule has 0 unspecified atom stereocenters. The molecule has 4 saturated carbocycles. The van der Waals surface area contributed by atoms with Gasteiger partial charge in [-0.1, -0.05) is 20.3 Å². The first-order chi connectivity index (χ1) is 9.57. The molecule has 0 aromatic heterocycles. The predicted octanol–water partition coefficient (Wildman–Crippen LogP) is 5.88. The summed E-state index contributed by atoms with van der Waals surface area (Å²) in [7, 11) is 0. The normalized spacial score (nSPS) is 58.0. The molecule has 7 atom stereocenters. The Labute approximate surface area is 130 Å². The molecule has 20 heavy (non-hydrogen) atoms. The third kappa shape index (κ3) is 1.79. The summed E-state index contributed by atoms with van der Waals surface area (Å²) in [6, 6.07) is 0. The van der Waals surface area contributed by atoms with Gasteiger partial charge in [0.1, 0.15) is 0 Å². The molecule has 0 aromatic rings. The van der Waals surface area contributed by atoms with E-state index >= 15 is 0 Å². The molecule has 0 aliphatic heterocycles. The summed E-state index contributed by atoms with van der Waals surface area (Å²) in [6.45, 7) is 5.27. The Balaban J connectivity index is 1.62. The monoisotopic (exact) mass is 294 g/mol. The van der Waals surface area contributed by atoms with Gasteiger partial charge in [0, 0.05) is 5.88 Å². The molecule has 1 heteroatoms. The van der Waals surface area contributed by atoms with Crippen molar-refractivity contribution < 1.29 is 0 Å². The molecule has 0 bridgehead atoms. The fourth-order valence-electron chi connectivity index (χ4n) is 7.46. The first kappa shape index (κ1) is 13.9. The van der Waals surface area contributed by atoms with Gasteiger partial charge < -0.3 is 0 Å². The molecule has 0 heterocycles. The Morgan fingerprint density at radius 1 is 1.00 bits per heavy atom. The van der Waals surface area contributed by atoms with Crippen molar-refractivity contribution in [3.8, 4) is 0 Å². The van der Waals surface area contributed by atoms with Crippen LogP contribution in [0.1, 0.15) is 71.6 Å². The second kappa shape index (κ2) is 4.64. The molecule has 0 amide bonds. The molecule has 0 radical (unpaired) electrons. The molecule has 0 aromatic carbocycles. The molecule has 0 saturated heterocycles. The van der Waals surface area contributed by atoms with Crippen molar-refractivity contribution in [3.05, 3.63) is 0 Å². The number of rotatable bonds is 1. The highest BCUT2D eigenvalue weighted by molar-refractivity contribution is 6.18. The van der Waals surface area contributed by atoms with Crippen LogP contribution in [0.25, 0.3) is 0 Å². The lowest BCUT2D eigenvalue weighted by molar-refractivity contribution is -0.0747. The van der Waals surface area contributed by atoms with E-state index < -0.39 is 0 Å². The number of alkyl halides is 1. The van der Waals surface area contributed by atoms with Gasteiger partial charge in [0.15, 0.2) is 0 Å². The first-order valence-corrected chi connectivity index (χ1v) is 9.66. The molecule has 4 aliphatic carbocycles. The molecular weight excluding hydrogens is 264 g/mol. The molecule has 114 valence electrons. The molecule has 0 spiro atoms. The van der Waals surface area contributed by atoms with E-state index in [9.17, 15) is 0 Å². The molecule has 0 N–H and O–H groups in total. The summed E-state index contributed by atoms with van der Waals surface area (Å²) in [5.41, 5.74) is 1.36. The Kier molecular flexibility index (Phi) is 3.23. The maximum absolute atomic E-state index is 6.22. The van der Waals surface area contributed by atoms with Crippen molar-refractivity contribution in [2.45, 2.75) is 71.6 Å². The minimum absolute atomic E-state index is 0.645. The Bertz CT molecular complexity index is 391. The van der Waals surface area contributed by atoms with Crippen LogP contribution in [0.3, 0.4) is 0 Å². The molecule has 4 aliphatic rings. The summed E-state index contributed by atoms with van der Waals surface area (Å²) in [6.07, 6.45) is 13.5. The highest BCUT2D eigenvalue weighted by atomic mass is 35.5. The Morgan fingerprint density at radius 3 is 2.65 bits per heavy atom. The lowest BCUT2D eigenvalue weighted by Gasteiger charge is -2.56. The van der Waals surface area contributed by atoms with E-state index in [4.69, 9.17) is 11.6 Å². The smallest absolute Gasteiger partial charge is 0.0252 e. The summed E-state index contributed by atoms with van der Waals surface area (Å²) >= 11 is 6.22. The summed E-state index contributed by atoms with van der Waals surface area (Å²) in [5.74, 6) is 5.89. The van der Waals surface area contributed by atoms with Crippen LogP contribution in [0.4, 0.5) is 0 Å². The summed E-state index contributed by atoms with van der Waals surface area (Å²) in [4.78, 5) is 0. The van der Waals surface area contributed by atoms with E-state index in [1.54, 1.807) is 6.42 Å².